The molecule has 3 aromatic rings. The van der Waals surface area contributed by atoms with Gasteiger partial charge in [0.05, 0.1) is 19.8 Å². The lowest BCUT2D eigenvalue weighted by atomic mass is 9.97. The van der Waals surface area contributed by atoms with Crippen LogP contribution in [0.15, 0.2) is 59.5 Å². The molecular formula is C23H21F3N2O4S. The van der Waals surface area contributed by atoms with E-state index >= 15 is 0 Å². The molecule has 2 aromatic carbocycles. The van der Waals surface area contributed by atoms with Gasteiger partial charge in [-0.1, -0.05) is 24.3 Å². The summed E-state index contributed by atoms with van der Waals surface area (Å²) in [6.07, 6.45) is 0.0161. The molecule has 0 amide bonds. The molecule has 1 aromatic heterocycles. The van der Waals surface area contributed by atoms with Gasteiger partial charge in [-0.3, -0.25) is 9.52 Å². The van der Waals surface area contributed by atoms with Crippen molar-refractivity contribution in [2.75, 3.05) is 18.1 Å². The van der Waals surface area contributed by atoms with E-state index in [4.69, 9.17) is 4.74 Å². The predicted molar refractivity (Wildman–Crippen MR) is 123 cm³/mol. The summed E-state index contributed by atoms with van der Waals surface area (Å²) >= 11 is 0. The summed E-state index contributed by atoms with van der Waals surface area (Å²) in [6, 6.07) is 12.4. The average molecular weight is 478 g/mol. The first kappa shape index (κ1) is 24.1. The van der Waals surface area contributed by atoms with Crippen molar-refractivity contribution in [3.63, 3.8) is 0 Å². The van der Waals surface area contributed by atoms with E-state index < -0.39 is 28.2 Å². The van der Waals surface area contributed by atoms with Gasteiger partial charge in [0.2, 0.25) is 10.0 Å². The van der Waals surface area contributed by atoms with Crippen LogP contribution in [0, 0.1) is 0 Å². The Balaban J connectivity index is 2.05. The van der Waals surface area contributed by atoms with Gasteiger partial charge in [-0.2, -0.15) is 13.2 Å². The zero-order valence-corrected chi connectivity index (χ0v) is 18.5. The number of hydrogen-bond donors (Lipinski definition) is 2. The number of sulfonamides is 1. The van der Waals surface area contributed by atoms with Crippen LogP contribution in [0.2, 0.25) is 0 Å². The Labute approximate surface area is 188 Å². The molecule has 10 heteroatoms. The Kier molecular flexibility index (Phi) is 6.97. The van der Waals surface area contributed by atoms with Crippen molar-refractivity contribution in [2.24, 2.45) is 0 Å². The van der Waals surface area contributed by atoms with E-state index in [1.165, 1.54) is 25.4 Å². The molecule has 174 valence electrons. The number of methoxy groups -OCH3 is 1. The van der Waals surface area contributed by atoms with E-state index in [0.717, 1.165) is 6.26 Å². The van der Waals surface area contributed by atoms with Crippen molar-refractivity contribution in [2.45, 2.75) is 12.6 Å². The van der Waals surface area contributed by atoms with Gasteiger partial charge in [0.1, 0.15) is 5.75 Å². The summed E-state index contributed by atoms with van der Waals surface area (Å²) in [5.41, 5.74) is 1.44. The summed E-state index contributed by atoms with van der Waals surface area (Å²) < 4.78 is 70.0. The van der Waals surface area contributed by atoms with Gasteiger partial charge in [0.15, 0.2) is 0 Å². The summed E-state index contributed by atoms with van der Waals surface area (Å²) in [5.74, 6) is 0.0510. The topological polar surface area (TPSA) is 88.3 Å². The molecule has 0 aliphatic carbocycles. The van der Waals surface area contributed by atoms with Gasteiger partial charge in [-0.15, -0.1) is 0 Å². The quantitative estimate of drug-likeness (QED) is 0.482. The Morgan fingerprint density at radius 1 is 1.09 bits per heavy atom. The number of nitrogens with one attached hydrogen (secondary N) is 2. The van der Waals surface area contributed by atoms with E-state index in [1.54, 1.807) is 48.6 Å². The van der Waals surface area contributed by atoms with E-state index in [-0.39, 0.29) is 16.9 Å². The van der Waals surface area contributed by atoms with Crippen LogP contribution >= 0.6 is 0 Å². The number of anilines is 1. The van der Waals surface area contributed by atoms with Gasteiger partial charge >= 0.3 is 6.18 Å². The average Bonchev–Trinajstić information content (AvgIpc) is 2.71. The van der Waals surface area contributed by atoms with Crippen LogP contribution in [0.25, 0.3) is 23.3 Å². The Bertz CT molecular complexity index is 1330. The van der Waals surface area contributed by atoms with Gasteiger partial charge in [-0.25, -0.2) is 8.42 Å². The molecule has 0 saturated heterocycles. The van der Waals surface area contributed by atoms with E-state index in [0.29, 0.717) is 22.4 Å². The van der Waals surface area contributed by atoms with Gasteiger partial charge in [0, 0.05) is 28.6 Å². The zero-order valence-electron chi connectivity index (χ0n) is 17.7. The molecule has 0 unspecified atom stereocenters. The highest BCUT2D eigenvalue weighted by atomic mass is 32.2. The second-order valence-corrected chi connectivity index (χ2v) is 9.04. The van der Waals surface area contributed by atoms with Crippen LogP contribution in [-0.4, -0.2) is 32.9 Å². The number of ether oxygens (including phenoxy) is 1. The second-order valence-electron chi connectivity index (χ2n) is 7.29. The highest BCUT2D eigenvalue weighted by Crippen LogP contribution is 2.35. The molecule has 0 bridgehead atoms. The maximum absolute atomic E-state index is 13.2. The van der Waals surface area contributed by atoms with Gasteiger partial charge in [-0.05, 0) is 47.5 Å². The maximum atomic E-state index is 13.2. The molecule has 1 heterocycles. The standard InChI is InChI=1S/C23H21F3N2O4S/c1-32-21-16(8-5-15-6-9-19(10-7-15)28-33(2,30)31)12-17(13-18(21)14-23(24,25)26)20-4-3-11-27-22(20)29/h3-13,28H,14H2,1-2H3,(H,27,29)/b8-5+. The lowest BCUT2D eigenvalue weighted by molar-refractivity contribution is -0.127. The molecule has 0 fully saturated rings. The molecule has 0 spiro atoms. The van der Waals surface area contributed by atoms with Crippen LogP contribution in [0.3, 0.4) is 0 Å². The fourth-order valence-corrected chi connectivity index (χ4v) is 3.86. The van der Waals surface area contributed by atoms with E-state index in [9.17, 15) is 26.4 Å². The highest BCUT2D eigenvalue weighted by molar-refractivity contribution is 7.92. The number of hydrogen-bond acceptors (Lipinski definition) is 4. The molecule has 2 N–H and O–H groups in total. The van der Waals surface area contributed by atoms with Crippen molar-refractivity contribution < 1.29 is 26.3 Å². The van der Waals surface area contributed by atoms with Crippen molar-refractivity contribution in [3.8, 4) is 16.9 Å². The third kappa shape index (κ3) is 6.72. The van der Waals surface area contributed by atoms with Crippen molar-refractivity contribution in [1.82, 2.24) is 4.98 Å². The van der Waals surface area contributed by atoms with Crippen molar-refractivity contribution in [3.05, 3.63) is 81.8 Å². The first-order chi connectivity index (χ1) is 15.4. The number of aromatic nitrogens is 1. The molecule has 0 atom stereocenters. The first-order valence-electron chi connectivity index (χ1n) is 9.67. The number of benzene rings is 2. The number of aromatic amines is 1. The molecular weight excluding hydrogens is 457 g/mol. The van der Waals surface area contributed by atoms with Crippen LogP contribution in [-0.2, 0) is 16.4 Å². The van der Waals surface area contributed by atoms with Crippen LogP contribution in [0.5, 0.6) is 5.75 Å². The SMILES string of the molecule is COc1c(/C=C/c2ccc(NS(C)(=O)=O)cc2)cc(-c2ccc[nH]c2=O)cc1CC(F)(F)F. The summed E-state index contributed by atoms with van der Waals surface area (Å²) in [5, 5.41) is 0. The fourth-order valence-electron chi connectivity index (χ4n) is 3.30. The minimum absolute atomic E-state index is 0.0510. The minimum Gasteiger partial charge on any atom is -0.496 e. The zero-order chi connectivity index (χ0) is 24.2. The van der Waals surface area contributed by atoms with Crippen LogP contribution < -0.4 is 15.0 Å². The number of halogens is 3. The minimum atomic E-state index is -4.47. The molecule has 0 aliphatic rings. The fraction of sp³-hybridized carbons (Fsp3) is 0.174. The lowest BCUT2D eigenvalue weighted by Crippen LogP contribution is -2.14. The van der Waals surface area contributed by atoms with Crippen molar-refractivity contribution >= 4 is 27.9 Å². The van der Waals surface area contributed by atoms with E-state index in [2.05, 4.69) is 9.71 Å². The molecule has 0 saturated carbocycles. The van der Waals surface area contributed by atoms with Crippen LogP contribution in [0.4, 0.5) is 18.9 Å². The number of rotatable bonds is 7. The second kappa shape index (κ2) is 9.53. The Morgan fingerprint density at radius 3 is 2.36 bits per heavy atom. The third-order valence-electron chi connectivity index (χ3n) is 4.59. The number of H-pyrrole nitrogens is 1. The molecule has 0 aliphatic heterocycles. The molecule has 33 heavy (non-hydrogen) atoms. The van der Waals surface area contributed by atoms with E-state index in [1.807, 2.05) is 0 Å². The molecule has 3 rings (SSSR count). The highest BCUT2D eigenvalue weighted by Gasteiger charge is 2.30. The largest absolute Gasteiger partial charge is 0.496 e. The Morgan fingerprint density at radius 2 is 1.79 bits per heavy atom. The van der Waals surface area contributed by atoms with Crippen LogP contribution in [0.1, 0.15) is 16.7 Å². The molecule has 0 radical (unpaired) electrons. The predicted octanol–water partition coefficient (Wildman–Crippen LogP) is 4.70. The maximum Gasteiger partial charge on any atom is 0.393 e. The summed E-state index contributed by atoms with van der Waals surface area (Å²) in [6.45, 7) is 0. The van der Waals surface area contributed by atoms with Gasteiger partial charge in [0.25, 0.3) is 5.56 Å². The smallest absolute Gasteiger partial charge is 0.393 e. The lowest BCUT2D eigenvalue weighted by Gasteiger charge is -2.16. The molecule has 6 nitrogen and oxygen atoms in total. The number of alkyl halides is 3. The van der Waals surface area contributed by atoms with Crippen molar-refractivity contribution in [1.29, 1.82) is 0 Å². The Hall–Kier alpha value is -3.53. The summed E-state index contributed by atoms with van der Waals surface area (Å²) in [4.78, 5) is 14.7. The summed E-state index contributed by atoms with van der Waals surface area (Å²) in [7, 11) is -2.13. The first-order valence-corrected chi connectivity index (χ1v) is 11.6. The number of pyridine rings is 1. The van der Waals surface area contributed by atoms with Gasteiger partial charge < -0.3 is 9.72 Å². The normalized spacial score (nSPS) is 12.2. The monoisotopic (exact) mass is 478 g/mol. The third-order valence-corrected chi connectivity index (χ3v) is 5.19.